The van der Waals surface area contributed by atoms with Gasteiger partial charge in [-0.05, 0) is 31.7 Å². The fraction of sp³-hybridized carbons (Fsp3) is 0.800. The summed E-state index contributed by atoms with van der Waals surface area (Å²) < 4.78 is 0. The monoisotopic (exact) mass is 295 g/mol. The molecule has 3 N–H and O–H groups in total. The molecule has 2 amide bonds. The second-order valence-corrected chi connectivity index (χ2v) is 6.62. The first kappa shape index (κ1) is 15.9. The maximum atomic E-state index is 12.4. The first-order chi connectivity index (χ1) is 9.88. The number of carbonyl (C=O) groups is 3. The van der Waals surface area contributed by atoms with Crippen molar-refractivity contribution in [3.05, 3.63) is 0 Å². The molecule has 2 aliphatic rings. The topological polar surface area (TPSA) is 92.5 Å². The zero-order chi connectivity index (χ0) is 15.6. The molecule has 0 bridgehead atoms. The third kappa shape index (κ3) is 3.81. The van der Waals surface area contributed by atoms with Crippen LogP contribution >= 0.6 is 0 Å². The van der Waals surface area contributed by atoms with Crippen LogP contribution in [0.5, 0.6) is 0 Å². The van der Waals surface area contributed by atoms with Crippen molar-refractivity contribution in [2.24, 2.45) is 17.6 Å². The van der Waals surface area contributed by atoms with Crippen LogP contribution in [-0.2, 0) is 14.4 Å². The summed E-state index contributed by atoms with van der Waals surface area (Å²) in [5.41, 5.74) is 5.10. The van der Waals surface area contributed by atoms with Crippen molar-refractivity contribution < 1.29 is 14.4 Å². The van der Waals surface area contributed by atoms with Gasteiger partial charge in [-0.2, -0.15) is 0 Å². The third-order valence-corrected chi connectivity index (χ3v) is 4.73. The number of hydrogen-bond acceptors (Lipinski definition) is 4. The minimum Gasteiger partial charge on any atom is -0.363 e. The molecule has 2 fully saturated rings. The molecule has 0 aromatic carbocycles. The van der Waals surface area contributed by atoms with Gasteiger partial charge in [-0.1, -0.05) is 26.2 Å². The lowest BCUT2D eigenvalue weighted by Gasteiger charge is -2.30. The summed E-state index contributed by atoms with van der Waals surface area (Å²) in [4.78, 5) is 37.4. The van der Waals surface area contributed by atoms with Gasteiger partial charge in [0.25, 0.3) is 5.91 Å². The SMILES string of the molecule is C[C@@H]1CC(C(=O)NC(CC2CCC2)C(=O)C(N)=O)N(C)C1. The highest BCUT2D eigenvalue weighted by molar-refractivity contribution is 6.37. The molecule has 0 aromatic rings. The van der Waals surface area contributed by atoms with Crippen LogP contribution in [0.2, 0.25) is 0 Å². The van der Waals surface area contributed by atoms with Crippen LogP contribution in [0.4, 0.5) is 0 Å². The van der Waals surface area contributed by atoms with Crippen molar-refractivity contribution in [3.8, 4) is 0 Å². The first-order valence-electron chi connectivity index (χ1n) is 7.72. The molecular formula is C15H25N3O3. The molecule has 0 radical (unpaired) electrons. The van der Waals surface area contributed by atoms with Gasteiger partial charge < -0.3 is 11.1 Å². The molecule has 1 heterocycles. The minimum absolute atomic E-state index is 0.166. The number of carbonyl (C=O) groups excluding carboxylic acids is 3. The van der Waals surface area contributed by atoms with E-state index in [9.17, 15) is 14.4 Å². The molecule has 0 aromatic heterocycles. The number of primary amides is 1. The molecule has 2 rings (SSSR count). The van der Waals surface area contributed by atoms with E-state index in [1.165, 1.54) is 0 Å². The second kappa shape index (κ2) is 6.56. The van der Waals surface area contributed by atoms with Crippen molar-refractivity contribution in [2.45, 2.75) is 51.1 Å². The van der Waals surface area contributed by atoms with Crippen LogP contribution in [0.15, 0.2) is 0 Å². The Balaban J connectivity index is 1.98. The van der Waals surface area contributed by atoms with Gasteiger partial charge in [0.05, 0.1) is 12.1 Å². The number of amides is 2. The zero-order valence-electron chi connectivity index (χ0n) is 12.8. The Morgan fingerprint density at radius 3 is 2.43 bits per heavy atom. The van der Waals surface area contributed by atoms with E-state index >= 15 is 0 Å². The average Bonchev–Trinajstić information content (AvgIpc) is 2.70. The molecule has 2 unspecified atom stereocenters. The Labute approximate surface area is 125 Å². The summed E-state index contributed by atoms with van der Waals surface area (Å²) in [5, 5.41) is 2.76. The maximum absolute atomic E-state index is 12.4. The highest BCUT2D eigenvalue weighted by atomic mass is 16.2. The fourth-order valence-corrected chi connectivity index (χ4v) is 3.29. The third-order valence-electron chi connectivity index (χ3n) is 4.73. The Hall–Kier alpha value is -1.43. The summed E-state index contributed by atoms with van der Waals surface area (Å²) in [7, 11) is 1.91. The van der Waals surface area contributed by atoms with E-state index in [0.29, 0.717) is 18.3 Å². The number of likely N-dealkylation sites (tertiary alicyclic amines) is 1. The van der Waals surface area contributed by atoms with E-state index in [1.54, 1.807) is 0 Å². The summed E-state index contributed by atoms with van der Waals surface area (Å²) in [5.74, 6) is -0.931. The van der Waals surface area contributed by atoms with Crippen molar-refractivity contribution in [1.82, 2.24) is 10.2 Å². The van der Waals surface area contributed by atoms with Crippen molar-refractivity contribution in [1.29, 1.82) is 0 Å². The standard InChI is InChI=1S/C15H25N3O3/c1-9-6-12(18(2)8-9)15(21)17-11(13(19)14(16)20)7-10-4-3-5-10/h9-12H,3-8H2,1-2H3,(H2,16,20)(H,17,21)/t9-,11?,12?/m1/s1. The van der Waals surface area contributed by atoms with E-state index < -0.39 is 17.7 Å². The van der Waals surface area contributed by atoms with Gasteiger partial charge in [-0.25, -0.2) is 0 Å². The predicted octanol–water partition coefficient (Wildman–Crippen LogP) is 0.0560. The second-order valence-electron chi connectivity index (χ2n) is 6.62. The molecular weight excluding hydrogens is 270 g/mol. The molecule has 118 valence electrons. The lowest BCUT2D eigenvalue weighted by Crippen LogP contribution is -2.52. The normalized spacial score (nSPS) is 27.9. The van der Waals surface area contributed by atoms with Gasteiger partial charge in [0.15, 0.2) is 0 Å². The number of nitrogens with two attached hydrogens (primary N) is 1. The molecule has 1 aliphatic carbocycles. The predicted molar refractivity (Wildman–Crippen MR) is 78.3 cm³/mol. The number of Topliss-reactive ketones (excluding diaryl/α,β-unsaturated/α-hetero) is 1. The molecule has 21 heavy (non-hydrogen) atoms. The molecule has 3 atom stereocenters. The lowest BCUT2D eigenvalue weighted by atomic mass is 9.80. The molecule has 0 spiro atoms. The summed E-state index contributed by atoms with van der Waals surface area (Å²) in [6.45, 7) is 2.97. The summed E-state index contributed by atoms with van der Waals surface area (Å²) in [6, 6.07) is -0.978. The highest BCUT2D eigenvalue weighted by Gasteiger charge is 2.36. The Kier molecular flexibility index (Phi) is 4.98. The number of rotatable bonds is 6. The van der Waals surface area contributed by atoms with Crippen LogP contribution in [0, 0.1) is 11.8 Å². The fourth-order valence-electron chi connectivity index (χ4n) is 3.29. The smallest absolute Gasteiger partial charge is 0.287 e. The summed E-state index contributed by atoms with van der Waals surface area (Å²) >= 11 is 0. The Bertz CT molecular complexity index is 434. The van der Waals surface area contributed by atoms with E-state index in [2.05, 4.69) is 12.2 Å². The van der Waals surface area contributed by atoms with E-state index in [0.717, 1.165) is 32.2 Å². The Morgan fingerprint density at radius 2 is 2.00 bits per heavy atom. The highest BCUT2D eigenvalue weighted by Crippen LogP contribution is 2.31. The van der Waals surface area contributed by atoms with Crippen molar-refractivity contribution in [3.63, 3.8) is 0 Å². The Morgan fingerprint density at radius 1 is 1.33 bits per heavy atom. The zero-order valence-corrected chi connectivity index (χ0v) is 12.8. The molecule has 6 nitrogen and oxygen atoms in total. The number of hydrogen-bond donors (Lipinski definition) is 2. The first-order valence-corrected chi connectivity index (χ1v) is 7.72. The quantitative estimate of drug-likeness (QED) is 0.678. The molecule has 1 saturated carbocycles. The number of nitrogens with zero attached hydrogens (tertiary/aromatic N) is 1. The lowest BCUT2D eigenvalue weighted by molar-refractivity contribution is -0.139. The molecule has 6 heteroatoms. The van der Waals surface area contributed by atoms with Gasteiger partial charge in [-0.15, -0.1) is 0 Å². The number of nitrogens with one attached hydrogen (secondary N) is 1. The molecule has 1 saturated heterocycles. The van der Waals surface area contributed by atoms with Crippen molar-refractivity contribution in [2.75, 3.05) is 13.6 Å². The average molecular weight is 295 g/mol. The number of ketones is 1. The van der Waals surface area contributed by atoms with E-state index in [-0.39, 0.29) is 11.9 Å². The number of likely N-dealkylation sites (N-methyl/N-ethyl adjacent to an activating group) is 1. The van der Waals surface area contributed by atoms with E-state index in [4.69, 9.17) is 5.73 Å². The van der Waals surface area contributed by atoms with E-state index in [1.807, 2.05) is 11.9 Å². The van der Waals surface area contributed by atoms with Gasteiger partial charge in [0.2, 0.25) is 11.7 Å². The maximum Gasteiger partial charge on any atom is 0.287 e. The van der Waals surface area contributed by atoms with Crippen LogP contribution in [-0.4, -0.2) is 48.2 Å². The van der Waals surface area contributed by atoms with Crippen LogP contribution in [0.1, 0.15) is 39.0 Å². The molecule has 1 aliphatic heterocycles. The van der Waals surface area contributed by atoms with Crippen LogP contribution in [0.3, 0.4) is 0 Å². The van der Waals surface area contributed by atoms with Gasteiger partial charge in [0.1, 0.15) is 0 Å². The van der Waals surface area contributed by atoms with Crippen molar-refractivity contribution >= 4 is 17.6 Å². The van der Waals surface area contributed by atoms with Gasteiger partial charge in [-0.3, -0.25) is 19.3 Å². The largest absolute Gasteiger partial charge is 0.363 e. The van der Waals surface area contributed by atoms with Crippen LogP contribution < -0.4 is 11.1 Å². The van der Waals surface area contributed by atoms with Gasteiger partial charge >= 0.3 is 0 Å². The minimum atomic E-state index is -0.965. The van der Waals surface area contributed by atoms with Gasteiger partial charge in [0, 0.05) is 6.54 Å². The summed E-state index contributed by atoms with van der Waals surface area (Å²) in [6.07, 6.45) is 4.57. The van der Waals surface area contributed by atoms with Crippen LogP contribution in [0.25, 0.3) is 0 Å².